The largest absolute Gasteiger partial charge is 0.468 e. The van der Waals surface area contributed by atoms with Gasteiger partial charge in [0, 0.05) is 4.92 Å². The number of carbonyl (C=O) groups excluding carboxylic acids is 1. The van der Waals surface area contributed by atoms with Gasteiger partial charge < -0.3 is 4.74 Å². The SMILES string of the molecule is COC(=O)[C@H]1N[C@@H](c2ccccc2C)[C@H]([N+](=O)[O-])[C@H]1c1ccccc1. The maximum atomic E-state index is 12.3. The van der Waals surface area contributed by atoms with Crippen molar-refractivity contribution in [3.05, 3.63) is 81.4 Å². The Morgan fingerprint density at radius 3 is 2.36 bits per heavy atom. The lowest BCUT2D eigenvalue weighted by molar-refractivity contribution is -0.527. The smallest absolute Gasteiger partial charge is 0.323 e. The second-order valence-corrected chi connectivity index (χ2v) is 6.21. The van der Waals surface area contributed by atoms with Gasteiger partial charge in [0.05, 0.1) is 13.0 Å². The van der Waals surface area contributed by atoms with Crippen LogP contribution in [0, 0.1) is 17.0 Å². The first-order valence-corrected chi connectivity index (χ1v) is 8.12. The summed E-state index contributed by atoms with van der Waals surface area (Å²) in [5.74, 6) is -1.09. The number of nitro groups is 1. The number of esters is 1. The number of rotatable bonds is 4. The van der Waals surface area contributed by atoms with Gasteiger partial charge in [-0.05, 0) is 23.6 Å². The highest BCUT2D eigenvalue weighted by atomic mass is 16.6. The molecule has 0 unspecified atom stereocenters. The highest BCUT2D eigenvalue weighted by Crippen LogP contribution is 2.41. The molecule has 130 valence electrons. The van der Waals surface area contributed by atoms with E-state index in [1.54, 1.807) is 0 Å². The van der Waals surface area contributed by atoms with Gasteiger partial charge in [-0.3, -0.25) is 20.2 Å². The predicted octanol–water partition coefficient (Wildman–Crippen LogP) is 2.61. The van der Waals surface area contributed by atoms with E-state index in [1.807, 2.05) is 61.5 Å². The molecule has 0 amide bonds. The van der Waals surface area contributed by atoms with Crippen molar-refractivity contribution in [1.82, 2.24) is 5.32 Å². The molecule has 1 fully saturated rings. The first kappa shape index (κ1) is 17.1. The molecule has 0 saturated carbocycles. The lowest BCUT2D eigenvalue weighted by Crippen LogP contribution is -2.37. The van der Waals surface area contributed by atoms with E-state index in [1.165, 1.54) is 7.11 Å². The summed E-state index contributed by atoms with van der Waals surface area (Å²) in [5.41, 5.74) is 2.53. The molecule has 6 heteroatoms. The van der Waals surface area contributed by atoms with E-state index >= 15 is 0 Å². The fourth-order valence-corrected chi connectivity index (χ4v) is 3.67. The van der Waals surface area contributed by atoms with E-state index in [-0.39, 0.29) is 4.92 Å². The Bertz CT molecular complexity index is 778. The zero-order valence-electron chi connectivity index (χ0n) is 14.1. The number of carbonyl (C=O) groups is 1. The molecule has 1 saturated heterocycles. The van der Waals surface area contributed by atoms with Gasteiger partial charge >= 0.3 is 5.97 Å². The van der Waals surface area contributed by atoms with Gasteiger partial charge in [0.25, 0.3) is 0 Å². The van der Waals surface area contributed by atoms with Crippen molar-refractivity contribution in [2.75, 3.05) is 7.11 Å². The van der Waals surface area contributed by atoms with Crippen molar-refractivity contribution in [1.29, 1.82) is 0 Å². The van der Waals surface area contributed by atoms with Gasteiger partial charge in [0.2, 0.25) is 6.04 Å². The van der Waals surface area contributed by atoms with Crippen LogP contribution in [0.5, 0.6) is 0 Å². The maximum Gasteiger partial charge on any atom is 0.323 e. The minimum absolute atomic E-state index is 0.287. The zero-order chi connectivity index (χ0) is 18.0. The van der Waals surface area contributed by atoms with Gasteiger partial charge in [-0.15, -0.1) is 0 Å². The molecule has 1 aliphatic rings. The molecular weight excluding hydrogens is 320 g/mol. The van der Waals surface area contributed by atoms with Crippen molar-refractivity contribution < 1.29 is 14.5 Å². The van der Waals surface area contributed by atoms with Gasteiger partial charge in [-0.2, -0.15) is 0 Å². The number of hydrogen-bond acceptors (Lipinski definition) is 5. The van der Waals surface area contributed by atoms with Gasteiger partial charge in [0.15, 0.2) is 0 Å². The molecule has 2 aromatic carbocycles. The predicted molar refractivity (Wildman–Crippen MR) is 92.8 cm³/mol. The number of benzene rings is 2. The number of nitrogens with zero attached hydrogens (tertiary/aromatic N) is 1. The molecule has 0 radical (unpaired) electrons. The topological polar surface area (TPSA) is 81.5 Å². The standard InChI is InChI=1S/C19H20N2O4/c1-12-8-6-7-11-14(12)16-18(21(23)24)15(13-9-4-3-5-10-13)17(20-16)19(22)25-2/h3-11,15-18,20H,1-2H3/t15-,16-,17-,18+/m0/s1. The summed E-state index contributed by atoms with van der Waals surface area (Å²) in [6, 6.07) is 14.3. The third-order valence-corrected chi connectivity index (χ3v) is 4.83. The van der Waals surface area contributed by atoms with Crippen molar-refractivity contribution in [3.63, 3.8) is 0 Å². The molecule has 0 aliphatic carbocycles. The van der Waals surface area contributed by atoms with Crippen LogP contribution >= 0.6 is 0 Å². The normalized spacial score (nSPS) is 25.5. The summed E-state index contributed by atoms with van der Waals surface area (Å²) in [5, 5.41) is 15.1. The Labute approximate surface area is 146 Å². The summed E-state index contributed by atoms with van der Waals surface area (Å²) in [4.78, 5) is 24.0. The minimum Gasteiger partial charge on any atom is -0.468 e. The van der Waals surface area contributed by atoms with Crippen LogP contribution in [0.2, 0.25) is 0 Å². The van der Waals surface area contributed by atoms with E-state index in [0.717, 1.165) is 16.7 Å². The molecule has 1 aliphatic heterocycles. The number of methoxy groups -OCH3 is 1. The third kappa shape index (κ3) is 3.13. The summed E-state index contributed by atoms with van der Waals surface area (Å²) >= 11 is 0. The Kier molecular flexibility index (Phi) is 4.81. The first-order chi connectivity index (χ1) is 12.0. The van der Waals surface area contributed by atoms with Gasteiger partial charge in [-0.1, -0.05) is 54.6 Å². The van der Waals surface area contributed by atoms with Crippen LogP contribution in [-0.2, 0) is 9.53 Å². The Balaban J connectivity index is 2.11. The molecule has 6 nitrogen and oxygen atoms in total. The molecular formula is C19H20N2O4. The molecule has 25 heavy (non-hydrogen) atoms. The summed E-state index contributed by atoms with van der Waals surface area (Å²) in [6.07, 6.45) is 0. The molecule has 2 aromatic rings. The second kappa shape index (κ2) is 7.03. The molecule has 0 aromatic heterocycles. The van der Waals surface area contributed by atoms with Crippen LogP contribution < -0.4 is 5.32 Å². The van der Waals surface area contributed by atoms with E-state index in [0.29, 0.717) is 0 Å². The number of nitrogens with one attached hydrogen (secondary N) is 1. The second-order valence-electron chi connectivity index (χ2n) is 6.21. The molecule has 3 rings (SSSR count). The van der Waals surface area contributed by atoms with E-state index in [4.69, 9.17) is 4.74 Å². The van der Waals surface area contributed by atoms with Crippen LogP contribution in [-0.4, -0.2) is 30.1 Å². The summed E-state index contributed by atoms with van der Waals surface area (Å²) < 4.78 is 4.90. The van der Waals surface area contributed by atoms with E-state index in [9.17, 15) is 14.9 Å². The van der Waals surface area contributed by atoms with Crippen LogP contribution in [0.15, 0.2) is 54.6 Å². The fraction of sp³-hybridized carbons (Fsp3) is 0.316. The van der Waals surface area contributed by atoms with Crippen LogP contribution in [0.25, 0.3) is 0 Å². The van der Waals surface area contributed by atoms with E-state index < -0.39 is 30.0 Å². The van der Waals surface area contributed by atoms with E-state index in [2.05, 4.69) is 5.32 Å². The number of ether oxygens (including phenoxy) is 1. The Hall–Kier alpha value is -2.73. The van der Waals surface area contributed by atoms with Crippen molar-refractivity contribution >= 4 is 5.97 Å². The number of aryl methyl sites for hydroxylation is 1. The average Bonchev–Trinajstić information content (AvgIpc) is 3.02. The summed E-state index contributed by atoms with van der Waals surface area (Å²) in [6.45, 7) is 1.91. The lowest BCUT2D eigenvalue weighted by Gasteiger charge is -2.19. The quantitative estimate of drug-likeness (QED) is 0.526. The molecule has 1 N–H and O–H groups in total. The first-order valence-electron chi connectivity index (χ1n) is 8.12. The van der Waals surface area contributed by atoms with Gasteiger partial charge in [0.1, 0.15) is 12.1 Å². The van der Waals surface area contributed by atoms with Gasteiger partial charge in [-0.25, -0.2) is 0 Å². The van der Waals surface area contributed by atoms with Crippen LogP contribution in [0.4, 0.5) is 0 Å². The average molecular weight is 340 g/mol. The van der Waals surface area contributed by atoms with Crippen LogP contribution in [0.3, 0.4) is 0 Å². The molecule has 0 spiro atoms. The minimum atomic E-state index is -0.965. The number of hydrogen-bond donors (Lipinski definition) is 1. The molecule has 4 atom stereocenters. The van der Waals surface area contributed by atoms with Crippen molar-refractivity contribution in [2.45, 2.75) is 31.0 Å². The highest BCUT2D eigenvalue weighted by molar-refractivity contribution is 5.78. The Morgan fingerprint density at radius 2 is 1.76 bits per heavy atom. The van der Waals surface area contributed by atoms with Crippen molar-refractivity contribution in [3.8, 4) is 0 Å². The Morgan fingerprint density at radius 1 is 1.12 bits per heavy atom. The maximum absolute atomic E-state index is 12.3. The zero-order valence-corrected chi connectivity index (χ0v) is 14.1. The molecule has 0 bridgehead atoms. The van der Waals surface area contributed by atoms with Crippen molar-refractivity contribution in [2.24, 2.45) is 0 Å². The highest BCUT2D eigenvalue weighted by Gasteiger charge is 2.55. The fourth-order valence-electron chi connectivity index (χ4n) is 3.67. The van der Waals surface area contributed by atoms with Crippen LogP contribution in [0.1, 0.15) is 28.7 Å². The third-order valence-electron chi connectivity index (χ3n) is 4.83. The summed E-state index contributed by atoms with van der Waals surface area (Å²) in [7, 11) is 1.30. The monoisotopic (exact) mass is 340 g/mol. The molecule has 1 heterocycles. The lowest BCUT2D eigenvalue weighted by atomic mass is 9.85.